The van der Waals surface area contributed by atoms with Gasteiger partial charge in [-0.15, -0.1) is 22.7 Å². The fraction of sp³-hybridized carbons (Fsp3) is 0. The molecule has 2 N–H and O–H groups in total. The molecule has 0 unspecified atom stereocenters. The molecule has 20 heavy (non-hydrogen) atoms. The van der Waals surface area contributed by atoms with Crippen molar-refractivity contribution in [1.82, 2.24) is 15.6 Å². The van der Waals surface area contributed by atoms with E-state index in [4.69, 9.17) is 0 Å². The molecule has 0 aliphatic carbocycles. The molecule has 0 bridgehead atoms. The average molecular weight is 302 g/mol. The van der Waals surface area contributed by atoms with Gasteiger partial charge in [0.25, 0.3) is 5.91 Å². The van der Waals surface area contributed by atoms with E-state index < -0.39 is 0 Å². The molecular weight excluding hydrogens is 292 g/mol. The Kier molecular flexibility index (Phi) is 3.71. The van der Waals surface area contributed by atoms with Crippen molar-refractivity contribution in [2.45, 2.75) is 0 Å². The number of amides is 1. The smallest absolute Gasteiger partial charge is 0.276 e. The summed E-state index contributed by atoms with van der Waals surface area (Å²) in [4.78, 5) is 13.9. The lowest BCUT2D eigenvalue weighted by molar-refractivity contribution is 0.0950. The molecule has 3 heterocycles. The number of H-pyrrole nitrogens is 1. The van der Waals surface area contributed by atoms with Crippen LogP contribution in [0.25, 0.3) is 10.6 Å². The molecule has 0 saturated carbocycles. The Labute approximate surface area is 123 Å². The van der Waals surface area contributed by atoms with Crippen molar-refractivity contribution in [3.63, 3.8) is 0 Å². The molecule has 0 atom stereocenters. The monoisotopic (exact) mass is 302 g/mol. The number of hydrogen-bond donors (Lipinski definition) is 2. The fourth-order valence-corrected chi connectivity index (χ4v) is 2.85. The Morgan fingerprint density at radius 3 is 2.90 bits per heavy atom. The van der Waals surface area contributed by atoms with E-state index in [0.29, 0.717) is 5.69 Å². The zero-order valence-electron chi connectivity index (χ0n) is 10.2. The van der Waals surface area contributed by atoms with E-state index >= 15 is 0 Å². The first-order valence-corrected chi connectivity index (χ1v) is 7.55. The van der Waals surface area contributed by atoms with Crippen LogP contribution in [0.2, 0.25) is 0 Å². The number of rotatable bonds is 4. The van der Waals surface area contributed by atoms with Gasteiger partial charge in [-0.25, -0.2) is 5.43 Å². The van der Waals surface area contributed by atoms with Crippen LogP contribution in [0.15, 0.2) is 46.2 Å². The lowest BCUT2D eigenvalue weighted by atomic mass is 10.3. The Morgan fingerprint density at radius 2 is 2.15 bits per heavy atom. The molecule has 0 aliphatic heterocycles. The number of carbonyl (C=O) groups excluding carboxylic acids is 1. The van der Waals surface area contributed by atoms with E-state index in [1.54, 1.807) is 35.0 Å². The summed E-state index contributed by atoms with van der Waals surface area (Å²) in [7, 11) is 0. The standard InChI is InChI=1S/C13H10N4OS2/c18-13(17-14-8-9-3-1-5-19-9)11-7-10(15-16-11)12-4-2-6-20-12/h1-8H,(H,15,16)(H,17,18)/b14-8+. The second kappa shape index (κ2) is 5.81. The SMILES string of the molecule is O=C(N/N=C/c1cccs1)c1cc(-c2cccs2)[nH]n1. The minimum atomic E-state index is -0.336. The maximum atomic E-state index is 11.9. The van der Waals surface area contributed by atoms with Gasteiger partial charge in [0.15, 0.2) is 5.69 Å². The van der Waals surface area contributed by atoms with Crippen molar-refractivity contribution < 1.29 is 4.79 Å². The van der Waals surface area contributed by atoms with Crippen LogP contribution in [0.1, 0.15) is 15.4 Å². The second-order valence-electron chi connectivity index (χ2n) is 3.86. The molecule has 3 aromatic heterocycles. The van der Waals surface area contributed by atoms with Crippen LogP contribution < -0.4 is 5.43 Å². The topological polar surface area (TPSA) is 70.1 Å². The zero-order valence-corrected chi connectivity index (χ0v) is 11.9. The maximum absolute atomic E-state index is 11.9. The van der Waals surface area contributed by atoms with Crippen LogP contribution in [0.3, 0.4) is 0 Å². The summed E-state index contributed by atoms with van der Waals surface area (Å²) in [5.74, 6) is -0.336. The van der Waals surface area contributed by atoms with Crippen LogP contribution >= 0.6 is 22.7 Å². The summed E-state index contributed by atoms with van der Waals surface area (Å²) in [6.07, 6.45) is 1.61. The van der Waals surface area contributed by atoms with Crippen molar-refractivity contribution in [1.29, 1.82) is 0 Å². The molecule has 7 heteroatoms. The van der Waals surface area contributed by atoms with E-state index in [-0.39, 0.29) is 5.91 Å². The van der Waals surface area contributed by atoms with Crippen molar-refractivity contribution in [2.24, 2.45) is 5.10 Å². The number of aromatic amines is 1. The van der Waals surface area contributed by atoms with E-state index in [2.05, 4.69) is 20.7 Å². The normalized spacial score (nSPS) is 11.0. The van der Waals surface area contributed by atoms with Gasteiger partial charge >= 0.3 is 0 Å². The minimum absolute atomic E-state index is 0.316. The summed E-state index contributed by atoms with van der Waals surface area (Å²) in [5, 5.41) is 14.6. The fourth-order valence-electron chi connectivity index (χ4n) is 1.57. The molecule has 0 fully saturated rings. The molecule has 1 amide bonds. The summed E-state index contributed by atoms with van der Waals surface area (Å²) in [6.45, 7) is 0. The second-order valence-corrected chi connectivity index (χ2v) is 5.79. The van der Waals surface area contributed by atoms with Crippen LogP contribution in [-0.4, -0.2) is 22.3 Å². The van der Waals surface area contributed by atoms with Crippen molar-refractivity contribution in [3.05, 3.63) is 51.7 Å². The summed E-state index contributed by atoms with van der Waals surface area (Å²) in [5.41, 5.74) is 3.60. The maximum Gasteiger partial charge on any atom is 0.291 e. The highest BCUT2D eigenvalue weighted by atomic mass is 32.1. The number of nitrogens with one attached hydrogen (secondary N) is 2. The van der Waals surface area contributed by atoms with Gasteiger partial charge < -0.3 is 0 Å². The quantitative estimate of drug-likeness (QED) is 0.574. The number of hydrazone groups is 1. The minimum Gasteiger partial charge on any atom is -0.276 e. The molecule has 0 aliphatic rings. The third-order valence-electron chi connectivity index (χ3n) is 2.50. The molecule has 5 nitrogen and oxygen atoms in total. The van der Waals surface area contributed by atoms with E-state index in [1.165, 1.54) is 0 Å². The number of hydrogen-bond acceptors (Lipinski definition) is 5. The van der Waals surface area contributed by atoms with Gasteiger partial charge in [0, 0.05) is 4.88 Å². The number of nitrogens with zero attached hydrogens (tertiary/aromatic N) is 2. The summed E-state index contributed by atoms with van der Waals surface area (Å²) < 4.78 is 0. The molecule has 0 radical (unpaired) electrons. The highest BCUT2D eigenvalue weighted by Gasteiger charge is 2.10. The number of carbonyl (C=O) groups is 1. The van der Waals surface area contributed by atoms with E-state index in [1.807, 2.05) is 35.0 Å². The summed E-state index contributed by atoms with van der Waals surface area (Å²) in [6, 6.07) is 9.47. The molecule has 3 aromatic rings. The van der Waals surface area contributed by atoms with Gasteiger partial charge in [0.1, 0.15) is 0 Å². The largest absolute Gasteiger partial charge is 0.291 e. The van der Waals surface area contributed by atoms with Gasteiger partial charge in [-0.2, -0.15) is 10.2 Å². The highest BCUT2D eigenvalue weighted by Crippen LogP contribution is 2.22. The Morgan fingerprint density at radius 1 is 1.30 bits per heavy atom. The predicted octanol–water partition coefficient (Wildman–Crippen LogP) is 2.96. The number of aromatic nitrogens is 2. The Balaban J connectivity index is 1.66. The lowest BCUT2D eigenvalue weighted by Crippen LogP contribution is -2.17. The summed E-state index contributed by atoms with van der Waals surface area (Å²) >= 11 is 3.14. The Hall–Kier alpha value is -2.25. The lowest BCUT2D eigenvalue weighted by Gasteiger charge is -1.93. The van der Waals surface area contributed by atoms with E-state index in [0.717, 1.165) is 15.4 Å². The molecule has 100 valence electrons. The molecule has 0 spiro atoms. The van der Waals surface area contributed by atoms with E-state index in [9.17, 15) is 4.79 Å². The zero-order chi connectivity index (χ0) is 13.8. The molecule has 0 aromatic carbocycles. The highest BCUT2D eigenvalue weighted by molar-refractivity contribution is 7.13. The molecule has 0 saturated heterocycles. The van der Waals surface area contributed by atoms with Gasteiger partial charge in [-0.3, -0.25) is 9.89 Å². The van der Waals surface area contributed by atoms with Crippen LogP contribution in [0.4, 0.5) is 0 Å². The van der Waals surface area contributed by atoms with Crippen LogP contribution in [-0.2, 0) is 0 Å². The van der Waals surface area contributed by atoms with Gasteiger partial charge in [-0.1, -0.05) is 12.1 Å². The third kappa shape index (κ3) is 2.84. The average Bonchev–Trinajstić information content (AvgIpc) is 3.20. The van der Waals surface area contributed by atoms with Crippen molar-refractivity contribution in [3.8, 4) is 10.6 Å². The first kappa shape index (κ1) is 12.8. The third-order valence-corrected chi connectivity index (χ3v) is 4.21. The Bertz CT molecular complexity index is 713. The predicted molar refractivity (Wildman–Crippen MR) is 81.3 cm³/mol. The van der Waals surface area contributed by atoms with Crippen LogP contribution in [0.5, 0.6) is 0 Å². The van der Waals surface area contributed by atoms with Gasteiger partial charge in [0.2, 0.25) is 0 Å². The molecule has 3 rings (SSSR count). The van der Waals surface area contributed by atoms with Crippen molar-refractivity contribution >= 4 is 34.8 Å². The number of thiophene rings is 2. The molecular formula is C13H10N4OS2. The van der Waals surface area contributed by atoms with Crippen molar-refractivity contribution in [2.75, 3.05) is 0 Å². The van der Waals surface area contributed by atoms with Gasteiger partial charge in [0.05, 0.1) is 16.8 Å². The first-order valence-electron chi connectivity index (χ1n) is 5.79. The van der Waals surface area contributed by atoms with Gasteiger partial charge in [-0.05, 0) is 29.0 Å². The first-order chi connectivity index (χ1) is 9.83. The van der Waals surface area contributed by atoms with Crippen LogP contribution in [0, 0.1) is 0 Å².